The highest BCUT2D eigenvalue weighted by Crippen LogP contribution is 2.21. The van der Waals surface area contributed by atoms with Crippen LogP contribution in [0.4, 0.5) is 5.69 Å². The van der Waals surface area contributed by atoms with E-state index in [1.807, 2.05) is 25.2 Å². The van der Waals surface area contributed by atoms with Crippen LogP contribution in [0.15, 0.2) is 18.2 Å². The molecule has 3 heteroatoms. The van der Waals surface area contributed by atoms with Gasteiger partial charge in [-0.05, 0) is 18.2 Å². The standard InChI is InChI=1S/C11H15N3/c1-7(2)11-13-9-5-4-8(12)6-10(9)14(11)3/h4-7H,12H2,1-3H3. The number of hydrogen-bond acceptors (Lipinski definition) is 2. The summed E-state index contributed by atoms with van der Waals surface area (Å²) in [7, 11) is 2.03. The lowest BCUT2D eigenvalue weighted by Crippen LogP contribution is -1.99. The molecule has 0 atom stereocenters. The molecule has 1 heterocycles. The van der Waals surface area contributed by atoms with Crippen molar-refractivity contribution in [1.82, 2.24) is 9.55 Å². The van der Waals surface area contributed by atoms with Gasteiger partial charge in [-0.25, -0.2) is 4.98 Å². The minimum atomic E-state index is 0.439. The second-order valence-electron chi connectivity index (χ2n) is 3.93. The lowest BCUT2D eigenvalue weighted by molar-refractivity contribution is 0.722. The van der Waals surface area contributed by atoms with Gasteiger partial charge in [0.05, 0.1) is 11.0 Å². The number of rotatable bonds is 1. The Labute approximate surface area is 83.6 Å². The molecule has 0 saturated heterocycles. The molecule has 2 N–H and O–H groups in total. The maximum Gasteiger partial charge on any atom is 0.112 e. The molecule has 1 aromatic heterocycles. The highest BCUT2D eigenvalue weighted by molar-refractivity contribution is 5.79. The molecule has 0 unspecified atom stereocenters. The van der Waals surface area contributed by atoms with Crippen LogP contribution in [0.2, 0.25) is 0 Å². The molecule has 0 aliphatic heterocycles. The first-order valence-electron chi connectivity index (χ1n) is 4.81. The van der Waals surface area contributed by atoms with Gasteiger partial charge in [0.15, 0.2) is 0 Å². The van der Waals surface area contributed by atoms with Crippen LogP contribution >= 0.6 is 0 Å². The molecule has 0 aliphatic carbocycles. The summed E-state index contributed by atoms with van der Waals surface area (Å²) in [6, 6.07) is 5.82. The first-order chi connectivity index (χ1) is 6.59. The maximum absolute atomic E-state index is 5.74. The minimum absolute atomic E-state index is 0.439. The summed E-state index contributed by atoms with van der Waals surface area (Å²) < 4.78 is 2.11. The number of nitrogens with two attached hydrogens (primary N) is 1. The highest BCUT2D eigenvalue weighted by atomic mass is 15.1. The zero-order chi connectivity index (χ0) is 10.3. The van der Waals surface area contributed by atoms with Crippen LogP contribution in [0, 0.1) is 0 Å². The van der Waals surface area contributed by atoms with E-state index in [0.29, 0.717) is 5.92 Å². The Hall–Kier alpha value is -1.51. The van der Waals surface area contributed by atoms with Gasteiger partial charge in [-0.15, -0.1) is 0 Å². The lowest BCUT2D eigenvalue weighted by Gasteiger charge is -2.04. The van der Waals surface area contributed by atoms with E-state index in [1.165, 1.54) is 0 Å². The van der Waals surface area contributed by atoms with Gasteiger partial charge < -0.3 is 10.3 Å². The Balaban J connectivity index is 2.74. The van der Waals surface area contributed by atoms with Crippen LogP contribution in [-0.2, 0) is 7.05 Å². The van der Waals surface area contributed by atoms with Crippen LogP contribution in [0.3, 0.4) is 0 Å². The molecule has 0 radical (unpaired) electrons. The quantitative estimate of drug-likeness (QED) is 0.699. The van der Waals surface area contributed by atoms with Crippen LogP contribution in [0.5, 0.6) is 0 Å². The molecule has 0 bridgehead atoms. The highest BCUT2D eigenvalue weighted by Gasteiger charge is 2.10. The number of hydrogen-bond donors (Lipinski definition) is 1. The monoisotopic (exact) mass is 189 g/mol. The Kier molecular flexibility index (Phi) is 1.95. The van der Waals surface area contributed by atoms with Gasteiger partial charge in [0.2, 0.25) is 0 Å². The second-order valence-corrected chi connectivity index (χ2v) is 3.93. The number of aryl methyl sites for hydroxylation is 1. The summed E-state index contributed by atoms with van der Waals surface area (Å²) in [5.41, 5.74) is 8.65. The number of benzene rings is 1. The van der Waals surface area contributed by atoms with Crippen molar-refractivity contribution in [1.29, 1.82) is 0 Å². The van der Waals surface area contributed by atoms with E-state index >= 15 is 0 Å². The third-order valence-corrected chi connectivity index (χ3v) is 2.46. The Morgan fingerprint density at radius 3 is 2.71 bits per heavy atom. The van der Waals surface area contributed by atoms with Gasteiger partial charge in [0.1, 0.15) is 5.82 Å². The molecule has 0 fully saturated rings. The lowest BCUT2D eigenvalue weighted by atomic mass is 10.2. The van der Waals surface area contributed by atoms with Gasteiger partial charge >= 0.3 is 0 Å². The summed E-state index contributed by atoms with van der Waals surface area (Å²) >= 11 is 0. The summed E-state index contributed by atoms with van der Waals surface area (Å²) in [6.45, 7) is 4.29. The molecule has 3 nitrogen and oxygen atoms in total. The molecule has 2 aromatic rings. The Morgan fingerprint density at radius 1 is 1.36 bits per heavy atom. The number of nitrogens with zero attached hydrogens (tertiary/aromatic N) is 2. The van der Waals surface area contributed by atoms with Crippen LogP contribution in [0.1, 0.15) is 25.6 Å². The van der Waals surface area contributed by atoms with Gasteiger partial charge in [-0.3, -0.25) is 0 Å². The molecular weight excluding hydrogens is 174 g/mol. The molecule has 1 aromatic carbocycles. The van der Waals surface area contributed by atoms with Crippen LogP contribution in [0.25, 0.3) is 11.0 Å². The largest absolute Gasteiger partial charge is 0.399 e. The summed E-state index contributed by atoms with van der Waals surface area (Å²) in [4.78, 5) is 4.56. The SMILES string of the molecule is CC(C)c1nc2ccc(N)cc2n1C. The fourth-order valence-electron chi connectivity index (χ4n) is 1.74. The smallest absolute Gasteiger partial charge is 0.112 e. The van der Waals surface area contributed by atoms with E-state index in [0.717, 1.165) is 22.5 Å². The predicted octanol–water partition coefficient (Wildman–Crippen LogP) is 2.28. The van der Waals surface area contributed by atoms with Crippen molar-refractivity contribution >= 4 is 16.7 Å². The van der Waals surface area contributed by atoms with E-state index in [1.54, 1.807) is 0 Å². The van der Waals surface area contributed by atoms with Crippen molar-refractivity contribution < 1.29 is 0 Å². The van der Waals surface area contributed by atoms with Crippen molar-refractivity contribution in [2.24, 2.45) is 7.05 Å². The first-order valence-corrected chi connectivity index (χ1v) is 4.81. The minimum Gasteiger partial charge on any atom is -0.399 e. The van der Waals surface area contributed by atoms with E-state index in [9.17, 15) is 0 Å². The molecule has 0 aliphatic rings. The number of imidazole rings is 1. The Morgan fingerprint density at radius 2 is 2.07 bits per heavy atom. The van der Waals surface area contributed by atoms with E-state index < -0.39 is 0 Å². The summed E-state index contributed by atoms with van der Waals surface area (Å²) in [5, 5.41) is 0. The van der Waals surface area contributed by atoms with Crippen LogP contribution < -0.4 is 5.73 Å². The third-order valence-electron chi connectivity index (χ3n) is 2.46. The zero-order valence-corrected chi connectivity index (χ0v) is 8.78. The molecule has 0 amide bonds. The molecule has 14 heavy (non-hydrogen) atoms. The first kappa shape index (κ1) is 9.06. The van der Waals surface area contributed by atoms with Crippen molar-refractivity contribution in [2.75, 3.05) is 5.73 Å². The van der Waals surface area contributed by atoms with Gasteiger partial charge in [0, 0.05) is 18.7 Å². The van der Waals surface area contributed by atoms with Gasteiger partial charge in [-0.1, -0.05) is 13.8 Å². The van der Waals surface area contributed by atoms with E-state index in [2.05, 4.69) is 23.4 Å². The normalized spacial score (nSPS) is 11.4. The summed E-state index contributed by atoms with van der Waals surface area (Å²) in [5.74, 6) is 1.54. The van der Waals surface area contributed by atoms with Crippen molar-refractivity contribution in [3.05, 3.63) is 24.0 Å². The van der Waals surface area contributed by atoms with E-state index in [-0.39, 0.29) is 0 Å². The number of anilines is 1. The number of fused-ring (bicyclic) bond motifs is 1. The molecular formula is C11H15N3. The topological polar surface area (TPSA) is 43.8 Å². The zero-order valence-electron chi connectivity index (χ0n) is 8.78. The third kappa shape index (κ3) is 1.25. The fraction of sp³-hybridized carbons (Fsp3) is 0.364. The number of aromatic nitrogens is 2. The molecule has 0 spiro atoms. The van der Waals surface area contributed by atoms with E-state index in [4.69, 9.17) is 5.73 Å². The van der Waals surface area contributed by atoms with Crippen molar-refractivity contribution in [3.63, 3.8) is 0 Å². The maximum atomic E-state index is 5.74. The van der Waals surface area contributed by atoms with Gasteiger partial charge in [-0.2, -0.15) is 0 Å². The molecule has 2 rings (SSSR count). The van der Waals surface area contributed by atoms with Gasteiger partial charge in [0.25, 0.3) is 0 Å². The second kappa shape index (κ2) is 3.01. The average molecular weight is 189 g/mol. The summed E-state index contributed by atoms with van der Waals surface area (Å²) in [6.07, 6.45) is 0. The van der Waals surface area contributed by atoms with Crippen molar-refractivity contribution in [3.8, 4) is 0 Å². The average Bonchev–Trinajstić information content (AvgIpc) is 2.44. The van der Waals surface area contributed by atoms with Crippen LogP contribution in [-0.4, -0.2) is 9.55 Å². The Bertz CT molecular complexity index is 469. The molecule has 0 saturated carbocycles. The number of nitrogen functional groups attached to an aromatic ring is 1. The van der Waals surface area contributed by atoms with Crippen molar-refractivity contribution in [2.45, 2.75) is 19.8 Å². The molecule has 74 valence electrons. The fourth-order valence-corrected chi connectivity index (χ4v) is 1.74. The predicted molar refractivity (Wildman–Crippen MR) is 59.2 cm³/mol.